The molecule has 0 aromatic carbocycles. The van der Waals surface area contributed by atoms with Gasteiger partial charge in [0.25, 0.3) is 0 Å². The second-order valence-electron chi connectivity index (χ2n) is 8.89. The lowest BCUT2D eigenvalue weighted by atomic mass is 9.53. The molecule has 6 atom stereocenters. The Morgan fingerprint density at radius 1 is 0.632 bits per heavy atom. The maximum atomic E-state index is 2.52. The molecule has 1 rings (SSSR count). The molecule has 0 aromatic rings. The highest BCUT2D eigenvalue weighted by Crippen LogP contribution is 2.51. The van der Waals surface area contributed by atoms with E-state index in [9.17, 15) is 0 Å². The highest BCUT2D eigenvalue weighted by Gasteiger charge is 2.45. The fourth-order valence-corrected chi connectivity index (χ4v) is 4.70. The molecule has 114 valence electrons. The standard InChI is InChI=1S/C19H38/c1-11-12(2)14(4)18(15(5)13(11)3)16(6)17(7)19(8,9)10/h11-18H,1-10H3. The van der Waals surface area contributed by atoms with Crippen molar-refractivity contribution < 1.29 is 0 Å². The lowest BCUT2D eigenvalue weighted by Crippen LogP contribution is -2.46. The van der Waals surface area contributed by atoms with Crippen molar-refractivity contribution in [2.24, 2.45) is 52.8 Å². The van der Waals surface area contributed by atoms with Crippen LogP contribution in [0.4, 0.5) is 0 Å². The fraction of sp³-hybridized carbons (Fsp3) is 1.00. The lowest BCUT2D eigenvalue weighted by molar-refractivity contribution is -0.0343. The Labute approximate surface area is 122 Å². The van der Waals surface area contributed by atoms with Crippen molar-refractivity contribution in [3.05, 3.63) is 0 Å². The van der Waals surface area contributed by atoms with Crippen molar-refractivity contribution in [3.63, 3.8) is 0 Å². The molecular weight excluding hydrogens is 228 g/mol. The first kappa shape index (κ1) is 17.1. The first-order chi connectivity index (χ1) is 8.50. The van der Waals surface area contributed by atoms with Gasteiger partial charge >= 0.3 is 0 Å². The predicted molar refractivity (Wildman–Crippen MR) is 87.1 cm³/mol. The molecule has 0 spiro atoms. The second kappa shape index (κ2) is 5.78. The molecule has 0 radical (unpaired) electrons. The van der Waals surface area contributed by atoms with Crippen molar-refractivity contribution in [1.29, 1.82) is 0 Å². The van der Waals surface area contributed by atoms with Crippen LogP contribution in [0.15, 0.2) is 0 Å². The van der Waals surface area contributed by atoms with Crippen LogP contribution in [-0.4, -0.2) is 0 Å². The van der Waals surface area contributed by atoms with Crippen LogP contribution in [0.5, 0.6) is 0 Å². The van der Waals surface area contributed by atoms with Gasteiger partial charge in [-0.3, -0.25) is 0 Å². The van der Waals surface area contributed by atoms with E-state index in [4.69, 9.17) is 0 Å². The van der Waals surface area contributed by atoms with Gasteiger partial charge in [0.2, 0.25) is 0 Å². The van der Waals surface area contributed by atoms with Crippen molar-refractivity contribution in [1.82, 2.24) is 0 Å². The molecule has 1 aliphatic rings. The Morgan fingerprint density at radius 3 is 1.26 bits per heavy atom. The summed E-state index contributed by atoms with van der Waals surface area (Å²) in [4.78, 5) is 0. The van der Waals surface area contributed by atoms with Crippen LogP contribution in [0.25, 0.3) is 0 Å². The summed E-state index contributed by atoms with van der Waals surface area (Å²) in [6.07, 6.45) is 0. The van der Waals surface area contributed by atoms with Crippen LogP contribution in [0.3, 0.4) is 0 Å². The molecule has 6 unspecified atom stereocenters. The highest BCUT2D eigenvalue weighted by atomic mass is 14.5. The van der Waals surface area contributed by atoms with Crippen LogP contribution >= 0.6 is 0 Å². The molecule has 1 aliphatic carbocycles. The van der Waals surface area contributed by atoms with Crippen LogP contribution in [-0.2, 0) is 0 Å². The molecule has 0 nitrogen and oxygen atoms in total. The van der Waals surface area contributed by atoms with Gasteiger partial charge in [-0.15, -0.1) is 0 Å². The third kappa shape index (κ3) is 3.19. The van der Waals surface area contributed by atoms with E-state index in [-0.39, 0.29) is 0 Å². The van der Waals surface area contributed by atoms with Gasteiger partial charge in [-0.25, -0.2) is 0 Å². The van der Waals surface area contributed by atoms with Crippen LogP contribution < -0.4 is 0 Å². The minimum Gasteiger partial charge on any atom is -0.0620 e. The maximum absolute atomic E-state index is 2.52. The van der Waals surface area contributed by atoms with E-state index in [0.717, 1.165) is 47.3 Å². The third-order valence-electron chi connectivity index (χ3n) is 7.29. The van der Waals surface area contributed by atoms with Crippen molar-refractivity contribution in [2.45, 2.75) is 69.2 Å². The summed E-state index contributed by atoms with van der Waals surface area (Å²) in [6.45, 7) is 24.7. The average Bonchev–Trinajstić information content (AvgIpc) is 2.31. The van der Waals surface area contributed by atoms with E-state index in [2.05, 4.69) is 69.2 Å². The van der Waals surface area contributed by atoms with Gasteiger partial charge in [0.15, 0.2) is 0 Å². The molecule has 0 saturated heterocycles. The molecule has 1 fully saturated rings. The van der Waals surface area contributed by atoms with E-state index in [0.29, 0.717) is 5.41 Å². The van der Waals surface area contributed by atoms with E-state index < -0.39 is 0 Å². The molecule has 1 saturated carbocycles. The summed E-state index contributed by atoms with van der Waals surface area (Å²) >= 11 is 0. The Balaban J connectivity index is 2.97. The monoisotopic (exact) mass is 266 g/mol. The highest BCUT2D eigenvalue weighted by molar-refractivity contribution is 4.93. The minimum atomic E-state index is 0.425. The zero-order valence-electron chi connectivity index (χ0n) is 15.1. The summed E-state index contributed by atoms with van der Waals surface area (Å²) in [6, 6.07) is 0. The maximum Gasteiger partial charge on any atom is -0.0329 e. The Hall–Kier alpha value is 0. The quantitative estimate of drug-likeness (QED) is 0.565. The molecule has 0 amide bonds. The van der Waals surface area contributed by atoms with Gasteiger partial charge in [0, 0.05) is 0 Å². The topological polar surface area (TPSA) is 0 Å². The normalized spacial score (nSPS) is 43.9. The molecule has 0 N–H and O–H groups in total. The molecule has 0 aliphatic heterocycles. The summed E-state index contributed by atoms with van der Waals surface area (Å²) in [7, 11) is 0. The van der Waals surface area contributed by atoms with Gasteiger partial charge in [-0.05, 0) is 52.8 Å². The van der Waals surface area contributed by atoms with Crippen LogP contribution in [0.2, 0.25) is 0 Å². The third-order valence-corrected chi connectivity index (χ3v) is 7.29. The predicted octanol–water partition coefficient (Wildman–Crippen LogP) is 6.12. The van der Waals surface area contributed by atoms with E-state index in [1.54, 1.807) is 0 Å². The molecule has 0 bridgehead atoms. The first-order valence-corrected chi connectivity index (χ1v) is 8.50. The Kier molecular flexibility index (Phi) is 5.19. The van der Waals surface area contributed by atoms with Crippen molar-refractivity contribution in [3.8, 4) is 0 Å². The van der Waals surface area contributed by atoms with Crippen LogP contribution in [0, 0.1) is 52.8 Å². The van der Waals surface area contributed by atoms with Gasteiger partial charge in [0.05, 0.1) is 0 Å². The fourth-order valence-electron chi connectivity index (χ4n) is 4.70. The molecular formula is C19H38. The number of hydrogen-bond donors (Lipinski definition) is 0. The smallest absolute Gasteiger partial charge is 0.0329 e. The lowest BCUT2D eigenvalue weighted by Gasteiger charge is -2.52. The molecule has 0 heteroatoms. The summed E-state index contributed by atoms with van der Waals surface area (Å²) in [5.41, 5.74) is 0.425. The van der Waals surface area contributed by atoms with Gasteiger partial charge in [0.1, 0.15) is 0 Å². The zero-order valence-corrected chi connectivity index (χ0v) is 15.1. The molecule has 19 heavy (non-hydrogen) atoms. The second-order valence-corrected chi connectivity index (χ2v) is 8.89. The Bertz CT molecular complexity index is 269. The molecule has 0 heterocycles. The Morgan fingerprint density at radius 2 is 0.947 bits per heavy atom. The first-order valence-electron chi connectivity index (χ1n) is 8.50. The van der Waals surface area contributed by atoms with E-state index in [1.165, 1.54) is 0 Å². The van der Waals surface area contributed by atoms with Crippen molar-refractivity contribution >= 4 is 0 Å². The molecule has 0 aromatic heterocycles. The summed E-state index contributed by atoms with van der Waals surface area (Å²) in [5.74, 6) is 6.82. The average molecular weight is 267 g/mol. The van der Waals surface area contributed by atoms with Crippen molar-refractivity contribution in [2.75, 3.05) is 0 Å². The largest absolute Gasteiger partial charge is 0.0620 e. The SMILES string of the molecule is CC1C(C)C(C)C(C(C)C(C)C(C)(C)C)C(C)C1C. The summed E-state index contributed by atoms with van der Waals surface area (Å²) in [5, 5.41) is 0. The number of hydrogen-bond acceptors (Lipinski definition) is 0. The summed E-state index contributed by atoms with van der Waals surface area (Å²) < 4.78 is 0. The van der Waals surface area contributed by atoms with E-state index in [1.807, 2.05) is 0 Å². The number of rotatable bonds is 2. The zero-order chi connectivity index (χ0) is 15.1. The van der Waals surface area contributed by atoms with Gasteiger partial charge in [-0.2, -0.15) is 0 Å². The van der Waals surface area contributed by atoms with Gasteiger partial charge < -0.3 is 0 Å². The minimum absolute atomic E-state index is 0.425. The van der Waals surface area contributed by atoms with Crippen LogP contribution in [0.1, 0.15) is 69.2 Å². The van der Waals surface area contributed by atoms with Gasteiger partial charge in [-0.1, -0.05) is 69.2 Å². The van der Waals surface area contributed by atoms with E-state index >= 15 is 0 Å².